The Balaban J connectivity index is 1.89. The van der Waals surface area contributed by atoms with Crippen LogP contribution >= 0.6 is 0 Å². The van der Waals surface area contributed by atoms with Crippen LogP contribution in [0.1, 0.15) is 19.4 Å². The van der Waals surface area contributed by atoms with E-state index >= 15 is 0 Å². The van der Waals surface area contributed by atoms with Crippen LogP contribution in [0.4, 0.5) is 0 Å². The highest BCUT2D eigenvalue weighted by atomic mass is 16.7. The van der Waals surface area contributed by atoms with Crippen LogP contribution in [-0.4, -0.2) is 29.7 Å². The number of hydrogen-bond donors (Lipinski definition) is 0. The minimum Gasteiger partial charge on any atom is -0.462 e. The molecule has 1 aromatic heterocycles. The van der Waals surface area contributed by atoms with Crippen LogP contribution in [0.3, 0.4) is 0 Å². The summed E-state index contributed by atoms with van der Waals surface area (Å²) in [6.45, 7) is 3.18. The van der Waals surface area contributed by atoms with Gasteiger partial charge in [0.1, 0.15) is 5.57 Å². The van der Waals surface area contributed by atoms with E-state index in [1.54, 1.807) is 25.1 Å². The molecule has 0 spiro atoms. The molecule has 1 aliphatic rings. The van der Waals surface area contributed by atoms with Gasteiger partial charge in [-0.15, -0.1) is 0 Å². The number of rotatable bonds is 5. The number of ketones is 1. The summed E-state index contributed by atoms with van der Waals surface area (Å²) < 4.78 is 17.9. The molecule has 0 bridgehead atoms. The minimum absolute atomic E-state index is 0.0723. The Bertz CT molecular complexity index is 2020. The van der Waals surface area contributed by atoms with Crippen molar-refractivity contribution in [2.75, 3.05) is 13.4 Å². The summed E-state index contributed by atoms with van der Waals surface area (Å²) in [7, 11) is 0. The van der Waals surface area contributed by atoms with E-state index in [2.05, 4.69) is 0 Å². The van der Waals surface area contributed by atoms with Gasteiger partial charge in [-0.2, -0.15) is 0 Å². The Kier molecular flexibility index (Phi) is 6.40. The second-order valence-electron chi connectivity index (χ2n) is 9.36. The molecule has 1 aliphatic heterocycles. The van der Waals surface area contributed by atoms with Crippen LogP contribution in [-0.2, 0) is 14.3 Å². The molecule has 7 nitrogen and oxygen atoms in total. The van der Waals surface area contributed by atoms with Gasteiger partial charge in [0.15, 0.2) is 17.3 Å². The summed E-state index contributed by atoms with van der Waals surface area (Å²) in [6, 6.07) is 25.9. The molecule has 0 aliphatic carbocycles. The fourth-order valence-electron chi connectivity index (χ4n) is 5.18. The van der Waals surface area contributed by atoms with Crippen LogP contribution in [0.25, 0.3) is 38.9 Å². The van der Waals surface area contributed by atoms with Crippen LogP contribution in [0.5, 0.6) is 11.5 Å². The summed E-state index contributed by atoms with van der Waals surface area (Å²) in [5.41, 5.74) is 0.732. The average Bonchev–Trinajstić information content (AvgIpc) is 3.43. The lowest BCUT2D eigenvalue weighted by Gasteiger charge is -2.16. The van der Waals surface area contributed by atoms with Crippen LogP contribution in [0.15, 0.2) is 89.7 Å². The molecule has 0 N–H and O–H groups in total. The molecule has 0 saturated carbocycles. The number of ether oxygens (including phenoxy) is 3. The van der Waals surface area contributed by atoms with E-state index in [-0.39, 0.29) is 29.9 Å². The van der Waals surface area contributed by atoms with Gasteiger partial charge in [-0.05, 0) is 60.5 Å². The second kappa shape index (κ2) is 10.2. The number of benzene rings is 4. The predicted molar refractivity (Wildman–Crippen MR) is 153 cm³/mol. The molecule has 0 saturated heterocycles. The van der Waals surface area contributed by atoms with Gasteiger partial charge in [-0.1, -0.05) is 60.7 Å². The quantitative estimate of drug-likeness (QED) is 0.252. The molecule has 0 unspecified atom stereocenters. The summed E-state index contributed by atoms with van der Waals surface area (Å²) in [6.07, 6.45) is 1.85. The van der Waals surface area contributed by atoms with Crippen molar-refractivity contribution in [2.24, 2.45) is 0 Å². The number of carbonyl (C=O) groups excluding carboxylic acids is 2. The Labute approximate surface area is 229 Å². The SMILES string of the molecule is CCOC(=O)/C(C(C)=O)=c1/c(=Cc2ccc3c(c2)OCO3)c2ccccc2c(=O)n1-c1cccc2ccccc12. The molecule has 6 rings (SSSR count). The minimum atomic E-state index is -0.793. The zero-order chi connectivity index (χ0) is 27.8. The van der Waals surface area contributed by atoms with Crippen molar-refractivity contribution in [3.63, 3.8) is 0 Å². The van der Waals surface area contributed by atoms with Crippen molar-refractivity contribution in [3.8, 4) is 17.2 Å². The number of carbonyl (C=O) groups is 2. The van der Waals surface area contributed by atoms with E-state index in [0.717, 1.165) is 16.3 Å². The highest BCUT2D eigenvalue weighted by Crippen LogP contribution is 2.32. The molecule has 5 aromatic rings. The summed E-state index contributed by atoms with van der Waals surface area (Å²) in [5.74, 6) is -0.0879. The van der Waals surface area contributed by atoms with E-state index in [1.807, 2.05) is 72.8 Å². The van der Waals surface area contributed by atoms with Crippen LogP contribution < -0.4 is 25.6 Å². The Morgan fingerprint density at radius 2 is 1.57 bits per heavy atom. The Hall–Kier alpha value is -5.17. The van der Waals surface area contributed by atoms with E-state index in [4.69, 9.17) is 14.2 Å². The normalized spacial score (nSPS) is 13.5. The lowest BCUT2D eigenvalue weighted by molar-refractivity contribution is -0.137. The maximum Gasteiger partial charge on any atom is 0.343 e. The van der Waals surface area contributed by atoms with E-state index in [9.17, 15) is 14.4 Å². The van der Waals surface area contributed by atoms with Gasteiger partial charge in [0.25, 0.3) is 5.56 Å². The smallest absolute Gasteiger partial charge is 0.343 e. The number of fused-ring (bicyclic) bond motifs is 3. The first-order valence-corrected chi connectivity index (χ1v) is 12.9. The predicted octanol–water partition coefficient (Wildman–Crippen LogP) is 4.00. The lowest BCUT2D eigenvalue weighted by Crippen LogP contribution is -2.46. The molecule has 2 heterocycles. The number of esters is 1. The first-order chi connectivity index (χ1) is 19.5. The summed E-state index contributed by atoms with van der Waals surface area (Å²) >= 11 is 0. The lowest BCUT2D eigenvalue weighted by atomic mass is 10.0. The molecule has 0 amide bonds. The Morgan fingerprint density at radius 1 is 0.875 bits per heavy atom. The molecule has 0 atom stereocenters. The van der Waals surface area contributed by atoms with Gasteiger partial charge in [0, 0.05) is 16.0 Å². The molecule has 0 radical (unpaired) electrons. The number of hydrogen-bond acceptors (Lipinski definition) is 6. The second-order valence-corrected chi connectivity index (χ2v) is 9.36. The summed E-state index contributed by atoms with van der Waals surface area (Å²) in [4.78, 5) is 40.9. The zero-order valence-corrected chi connectivity index (χ0v) is 22.0. The Morgan fingerprint density at radius 3 is 2.35 bits per heavy atom. The molecule has 198 valence electrons. The molecular formula is C33H25NO6. The topological polar surface area (TPSA) is 83.8 Å². The number of pyridine rings is 1. The molecular weight excluding hydrogens is 506 g/mol. The van der Waals surface area contributed by atoms with Gasteiger partial charge in [0.05, 0.1) is 17.6 Å². The van der Waals surface area contributed by atoms with E-state index < -0.39 is 11.8 Å². The van der Waals surface area contributed by atoms with Gasteiger partial charge >= 0.3 is 5.97 Å². The molecule has 4 aromatic carbocycles. The van der Waals surface area contributed by atoms with Gasteiger partial charge < -0.3 is 14.2 Å². The maximum absolute atomic E-state index is 14.3. The largest absolute Gasteiger partial charge is 0.462 e. The fraction of sp³-hybridized carbons (Fsp3) is 0.121. The van der Waals surface area contributed by atoms with Crippen LogP contribution in [0, 0.1) is 0 Å². The first-order valence-electron chi connectivity index (χ1n) is 12.9. The van der Waals surface area contributed by atoms with Gasteiger partial charge in [-0.25, -0.2) is 4.79 Å². The number of nitrogens with zero attached hydrogens (tertiary/aromatic N) is 1. The number of Topliss-reactive ketones (excluding diaryl/α,β-unsaturated/α-hetero) is 1. The highest BCUT2D eigenvalue weighted by Gasteiger charge is 2.23. The van der Waals surface area contributed by atoms with Crippen molar-refractivity contribution in [2.45, 2.75) is 13.8 Å². The van der Waals surface area contributed by atoms with E-state index in [1.165, 1.54) is 11.5 Å². The maximum atomic E-state index is 14.3. The first kappa shape index (κ1) is 25.1. The third kappa shape index (κ3) is 4.22. The number of aromatic nitrogens is 1. The van der Waals surface area contributed by atoms with Crippen molar-refractivity contribution >= 4 is 44.9 Å². The summed E-state index contributed by atoms with van der Waals surface area (Å²) in [5, 5.41) is 3.44. The molecule has 40 heavy (non-hydrogen) atoms. The van der Waals surface area contributed by atoms with Crippen molar-refractivity contribution in [1.29, 1.82) is 0 Å². The van der Waals surface area contributed by atoms with Crippen LogP contribution in [0.2, 0.25) is 0 Å². The van der Waals surface area contributed by atoms with Crippen molar-refractivity contribution in [1.82, 2.24) is 4.57 Å². The average molecular weight is 532 g/mol. The zero-order valence-electron chi connectivity index (χ0n) is 22.0. The third-order valence-electron chi connectivity index (χ3n) is 6.91. The van der Waals surface area contributed by atoms with Gasteiger partial charge in [-0.3, -0.25) is 14.2 Å². The fourth-order valence-corrected chi connectivity index (χ4v) is 5.18. The van der Waals surface area contributed by atoms with Crippen molar-refractivity contribution in [3.05, 3.63) is 111 Å². The van der Waals surface area contributed by atoms with Crippen molar-refractivity contribution < 1.29 is 23.8 Å². The van der Waals surface area contributed by atoms with Gasteiger partial charge in [0.2, 0.25) is 6.79 Å². The standard InChI is InChI=1S/C33H25NO6/c1-3-38-33(37)30(20(2)35)31-26(17-21-15-16-28-29(18-21)40-19-39-28)24-12-6-7-13-25(24)32(36)34(31)27-14-8-10-22-9-4-5-11-23(22)27/h4-18H,3,19H2,1-2H3/b26-17?,31-30-. The monoisotopic (exact) mass is 531 g/mol. The van der Waals surface area contributed by atoms with E-state index in [0.29, 0.717) is 33.2 Å². The highest BCUT2D eigenvalue weighted by molar-refractivity contribution is 6.38. The molecule has 7 heteroatoms. The third-order valence-corrected chi connectivity index (χ3v) is 6.91. The molecule has 0 fully saturated rings.